The predicted octanol–water partition coefficient (Wildman–Crippen LogP) is 4.82. The van der Waals surface area contributed by atoms with Crippen LogP contribution in [0.5, 0.6) is 0 Å². The quantitative estimate of drug-likeness (QED) is 0.857. The molecule has 0 aliphatic rings. The summed E-state index contributed by atoms with van der Waals surface area (Å²) >= 11 is 3.49. The first kappa shape index (κ1) is 13.1. The third kappa shape index (κ3) is 2.91. The monoisotopic (exact) mass is 307 g/mol. The molecule has 0 aliphatic carbocycles. The van der Waals surface area contributed by atoms with E-state index in [1.165, 1.54) is 0 Å². The molecule has 0 atom stereocenters. The molecule has 2 aromatic rings. The molecule has 0 aromatic heterocycles. The van der Waals surface area contributed by atoms with Gasteiger partial charge in [-0.15, -0.1) is 0 Å². The van der Waals surface area contributed by atoms with Crippen LogP contribution in [0.1, 0.15) is 16.7 Å². The van der Waals surface area contributed by atoms with E-state index in [2.05, 4.69) is 21.2 Å². The lowest BCUT2D eigenvalue weighted by atomic mass is 10.1. The highest BCUT2D eigenvalue weighted by Crippen LogP contribution is 2.24. The number of anilines is 1. The van der Waals surface area contributed by atoms with Crippen molar-refractivity contribution in [3.05, 3.63) is 63.4 Å². The molecule has 0 fully saturated rings. The lowest BCUT2D eigenvalue weighted by Crippen LogP contribution is -2.02. The van der Waals surface area contributed by atoms with Crippen molar-refractivity contribution >= 4 is 21.6 Å². The van der Waals surface area contributed by atoms with E-state index in [0.717, 1.165) is 21.3 Å². The number of rotatable bonds is 3. The van der Waals surface area contributed by atoms with Crippen LogP contribution in [-0.4, -0.2) is 0 Å². The molecule has 18 heavy (non-hydrogen) atoms. The van der Waals surface area contributed by atoms with Gasteiger partial charge in [0.1, 0.15) is 5.82 Å². The van der Waals surface area contributed by atoms with Gasteiger partial charge in [-0.25, -0.2) is 4.39 Å². The number of halogens is 2. The van der Waals surface area contributed by atoms with E-state index in [-0.39, 0.29) is 5.82 Å². The summed E-state index contributed by atoms with van der Waals surface area (Å²) in [5.74, 6) is -0.153. The van der Waals surface area contributed by atoms with Crippen LogP contribution >= 0.6 is 15.9 Å². The summed E-state index contributed by atoms with van der Waals surface area (Å²) in [4.78, 5) is 0. The van der Waals surface area contributed by atoms with E-state index in [1.807, 2.05) is 31.2 Å². The van der Waals surface area contributed by atoms with E-state index in [1.54, 1.807) is 19.1 Å². The average molecular weight is 308 g/mol. The molecule has 0 spiro atoms. The molecule has 0 amide bonds. The Morgan fingerprint density at radius 2 is 1.94 bits per heavy atom. The molecule has 0 unspecified atom stereocenters. The van der Waals surface area contributed by atoms with Crippen molar-refractivity contribution in [3.63, 3.8) is 0 Å². The maximum Gasteiger partial charge on any atom is 0.126 e. The molecule has 1 nitrogen and oxygen atoms in total. The van der Waals surface area contributed by atoms with Crippen LogP contribution in [0, 0.1) is 19.7 Å². The lowest BCUT2D eigenvalue weighted by Gasteiger charge is -2.11. The van der Waals surface area contributed by atoms with Crippen LogP contribution in [0.3, 0.4) is 0 Å². The van der Waals surface area contributed by atoms with Gasteiger partial charge in [0, 0.05) is 16.7 Å². The average Bonchev–Trinajstić information content (AvgIpc) is 2.35. The normalized spacial score (nSPS) is 10.4. The van der Waals surface area contributed by atoms with Crippen molar-refractivity contribution in [3.8, 4) is 0 Å². The van der Waals surface area contributed by atoms with Crippen LogP contribution in [0.2, 0.25) is 0 Å². The van der Waals surface area contributed by atoms with Gasteiger partial charge in [0.2, 0.25) is 0 Å². The molecule has 0 heterocycles. The summed E-state index contributed by atoms with van der Waals surface area (Å²) in [6.07, 6.45) is 0. The smallest absolute Gasteiger partial charge is 0.126 e. The fourth-order valence-corrected chi connectivity index (χ4v) is 2.11. The summed E-state index contributed by atoms with van der Waals surface area (Å²) in [7, 11) is 0. The third-order valence-corrected chi connectivity index (χ3v) is 3.85. The van der Waals surface area contributed by atoms with Crippen molar-refractivity contribution in [1.82, 2.24) is 0 Å². The minimum Gasteiger partial charge on any atom is -0.381 e. The van der Waals surface area contributed by atoms with Gasteiger partial charge in [-0.3, -0.25) is 0 Å². The summed E-state index contributed by atoms with van der Waals surface area (Å²) in [6.45, 7) is 4.43. The molecular weight excluding hydrogens is 293 g/mol. The highest BCUT2D eigenvalue weighted by Gasteiger charge is 2.03. The van der Waals surface area contributed by atoms with Gasteiger partial charge < -0.3 is 5.32 Å². The van der Waals surface area contributed by atoms with Crippen molar-refractivity contribution < 1.29 is 4.39 Å². The minimum absolute atomic E-state index is 0.153. The van der Waals surface area contributed by atoms with E-state index in [0.29, 0.717) is 12.1 Å². The first-order valence-electron chi connectivity index (χ1n) is 5.82. The van der Waals surface area contributed by atoms with Crippen molar-refractivity contribution in [2.45, 2.75) is 20.4 Å². The maximum atomic E-state index is 13.4. The Hall–Kier alpha value is -1.35. The van der Waals surface area contributed by atoms with E-state index in [9.17, 15) is 4.39 Å². The lowest BCUT2D eigenvalue weighted by molar-refractivity contribution is 0.616. The highest BCUT2D eigenvalue weighted by molar-refractivity contribution is 9.10. The Morgan fingerprint density at radius 1 is 1.17 bits per heavy atom. The fourth-order valence-electron chi connectivity index (χ4n) is 1.74. The number of nitrogens with one attached hydrogen (secondary N) is 1. The standard InChI is InChI=1S/C15H15BrFN/c1-10-6-7-12(8-14(10)17)9-18-15-5-3-4-13(16)11(15)2/h3-8,18H,9H2,1-2H3. The molecule has 94 valence electrons. The van der Waals surface area contributed by atoms with Crippen LogP contribution in [0.4, 0.5) is 10.1 Å². The van der Waals surface area contributed by atoms with Gasteiger partial charge in [-0.05, 0) is 48.7 Å². The molecule has 0 bridgehead atoms. The summed E-state index contributed by atoms with van der Waals surface area (Å²) in [6, 6.07) is 11.3. The highest BCUT2D eigenvalue weighted by atomic mass is 79.9. The van der Waals surface area contributed by atoms with E-state index >= 15 is 0 Å². The Bertz CT molecular complexity index is 566. The van der Waals surface area contributed by atoms with Gasteiger partial charge in [-0.2, -0.15) is 0 Å². The number of hydrogen-bond acceptors (Lipinski definition) is 1. The van der Waals surface area contributed by atoms with Gasteiger partial charge in [0.25, 0.3) is 0 Å². The second-order valence-corrected chi connectivity index (χ2v) is 5.20. The van der Waals surface area contributed by atoms with Crippen LogP contribution in [-0.2, 0) is 6.54 Å². The Kier molecular flexibility index (Phi) is 4.02. The number of hydrogen-bond donors (Lipinski definition) is 1. The fraction of sp³-hybridized carbons (Fsp3) is 0.200. The zero-order valence-electron chi connectivity index (χ0n) is 10.4. The summed E-state index contributed by atoms with van der Waals surface area (Å²) in [5, 5.41) is 3.32. The first-order chi connectivity index (χ1) is 8.58. The molecule has 2 aromatic carbocycles. The van der Waals surface area contributed by atoms with E-state index < -0.39 is 0 Å². The number of benzene rings is 2. The second kappa shape index (κ2) is 5.53. The minimum atomic E-state index is -0.153. The zero-order chi connectivity index (χ0) is 13.1. The van der Waals surface area contributed by atoms with Gasteiger partial charge >= 0.3 is 0 Å². The SMILES string of the molecule is Cc1ccc(CNc2cccc(Br)c2C)cc1F. The molecule has 3 heteroatoms. The van der Waals surface area contributed by atoms with Crippen molar-refractivity contribution in [1.29, 1.82) is 0 Å². The Balaban J connectivity index is 2.11. The van der Waals surface area contributed by atoms with Crippen molar-refractivity contribution in [2.24, 2.45) is 0 Å². The molecule has 2 rings (SSSR count). The first-order valence-corrected chi connectivity index (χ1v) is 6.61. The number of aryl methyl sites for hydroxylation is 1. The van der Waals surface area contributed by atoms with Gasteiger partial charge in [0.15, 0.2) is 0 Å². The molecular formula is C15H15BrFN. The van der Waals surface area contributed by atoms with Crippen LogP contribution < -0.4 is 5.32 Å². The Morgan fingerprint density at radius 3 is 2.67 bits per heavy atom. The van der Waals surface area contributed by atoms with Gasteiger partial charge in [0.05, 0.1) is 0 Å². The topological polar surface area (TPSA) is 12.0 Å². The maximum absolute atomic E-state index is 13.4. The third-order valence-electron chi connectivity index (χ3n) is 2.99. The molecule has 0 radical (unpaired) electrons. The molecule has 0 saturated heterocycles. The zero-order valence-corrected chi connectivity index (χ0v) is 12.0. The molecule has 0 aliphatic heterocycles. The largest absolute Gasteiger partial charge is 0.381 e. The second-order valence-electron chi connectivity index (χ2n) is 4.35. The summed E-state index contributed by atoms with van der Waals surface area (Å²) < 4.78 is 14.5. The Labute approximate surface area is 115 Å². The van der Waals surface area contributed by atoms with Crippen molar-refractivity contribution in [2.75, 3.05) is 5.32 Å². The van der Waals surface area contributed by atoms with Crippen LogP contribution in [0.15, 0.2) is 40.9 Å². The molecule has 0 saturated carbocycles. The molecule has 1 N–H and O–H groups in total. The van der Waals surface area contributed by atoms with E-state index in [4.69, 9.17) is 0 Å². The predicted molar refractivity (Wildman–Crippen MR) is 77.3 cm³/mol. The summed E-state index contributed by atoms with van der Waals surface area (Å²) in [5.41, 5.74) is 3.84. The van der Waals surface area contributed by atoms with Crippen LogP contribution in [0.25, 0.3) is 0 Å². The van der Waals surface area contributed by atoms with Gasteiger partial charge in [-0.1, -0.05) is 34.1 Å².